The van der Waals surface area contributed by atoms with Crippen molar-refractivity contribution in [3.05, 3.63) is 0 Å². The van der Waals surface area contributed by atoms with Gasteiger partial charge in [0.1, 0.15) is 46.2 Å². The standard InChI is InChI=1S/C18H36O4.6C17H34O4/c1-6-17(19)13-22-18(20)21-12-16(5)11-10-15(4)9-7-8-14(2)3;6*1-4-7-9-10-12-15(11-8-5-2)13-20-17(19)21-14-16(18)6-3/h14-17,19H,6-13H2,1-5H3;6*15-16,18H,4-14H2,1-3H3. The number of unbranched alkanes of at least 4 members (excludes halogenated alkanes) is 24. The Morgan fingerprint density at radius 1 is 0.149 bits per heavy atom. The minimum absolute atomic E-state index is 0.0105. The Morgan fingerprint density at radius 3 is 0.439 bits per heavy atom. The molecule has 0 aliphatic carbocycles. The highest BCUT2D eigenvalue weighted by Crippen LogP contribution is 2.27. The largest absolute Gasteiger partial charge is 0.508 e. The number of rotatable bonds is 90. The van der Waals surface area contributed by atoms with Crippen LogP contribution in [0.4, 0.5) is 33.6 Å². The molecule has 0 amide bonds. The minimum Gasteiger partial charge on any atom is -0.434 e. The second kappa shape index (κ2) is 122. The van der Waals surface area contributed by atoms with Crippen molar-refractivity contribution in [2.45, 2.75) is 587 Å². The van der Waals surface area contributed by atoms with Gasteiger partial charge in [-0.3, -0.25) is 0 Å². The first kappa shape index (κ1) is 156. The SMILES string of the molecule is CCC(O)COC(=O)OCC(C)CCC(C)CCCC(C)C.CCCCCCC(CCCC)COC(=O)OCC(O)CC.CCCCCCC(CCCC)COC(=O)OCC(O)CC.CCCCCCC(CCCC)COC(=O)OCC(O)CC.CCCCCCC(CCCC)COC(=O)OCC(O)CC.CCCCCCC(CCCC)COC(=O)OCC(O)CC.CCCCCCC(CCCC)COC(=O)OCC(O)CC. The van der Waals surface area contributed by atoms with Gasteiger partial charge in [0.2, 0.25) is 0 Å². The molecule has 888 valence electrons. The van der Waals surface area contributed by atoms with E-state index >= 15 is 0 Å². The second-order valence-corrected chi connectivity index (χ2v) is 41.8. The first-order valence-corrected chi connectivity index (χ1v) is 60.5. The van der Waals surface area contributed by atoms with Crippen molar-refractivity contribution in [1.82, 2.24) is 0 Å². The molecule has 0 aliphatic heterocycles. The predicted molar refractivity (Wildman–Crippen MR) is 602 cm³/mol. The monoisotopic (exact) mass is 2130 g/mol. The number of hydrogen-bond acceptors (Lipinski definition) is 28. The summed E-state index contributed by atoms with van der Waals surface area (Å²) in [5.74, 6) is 4.48. The summed E-state index contributed by atoms with van der Waals surface area (Å²) >= 11 is 0. The van der Waals surface area contributed by atoms with Gasteiger partial charge in [-0.25, -0.2) is 33.6 Å². The molecule has 0 saturated heterocycles. The summed E-state index contributed by atoms with van der Waals surface area (Å²) in [6.45, 7) is 51.3. The molecule has 28 heteroatoms. The van der Waals surface area contributed by atoms with E-state index in [0.717, 1.165) is 95.3 Å². The number of aliphatic hydroxyl groups is 7. The molecule has 0 aromatic heterocycles. The number of ether oxygens (including phenoxy) is 14. The van der Waals surface area contributed by atoms with E-state index in [4.69, 9.17) is 66.3 Å². The molecule has 0 fully saturated rings. The Bertz CT molecular complexity index is 2350. The van der Waals surface area contributed by atoms with Gasteiger partial charge in [-0.15, -0.1) is 0 Å². The van der Waals surface area contributed by atoms with Gasteiger partial charge in [0, 0.05) is 0 Å². The number of carbonyl (C=O) groups is 7. The molecule has 0 aromatic rings. The molecule has 148 heavy (non-hydrogen) atoms. The van der Waals surface area contributed by atoms with Crippen LogP contribution in [-0.2, 0) is 66.3 Å². The van der Waals surface area contributed by atoms with Crippen LogP contribution < -0.4 is 0 Å². The summed E-state index contributed by atoms with van der Waals surface area (Å²) in [5.41, 5.74) is 0. The zero-order chi connectivity index (χ0) is 113. The fourth-order valence-electron chi connectivity index (χ4n) is 15.2. The molecule has 0 saturated carbocycles. The van der Waals surface area contributed by atoms with Gasteiger partial charge >= 0.3 is 43.1 Å². The quantitative estimate of drug-likeness (QED) is 0.0169. The average Bonchev–Trinajstić information content (AvgIpc) is 0.883. The third kappa shape index (κ3) is 122. The van der Waals surface area contributed by atoms with Gasteiger partial charge in [0.15, 0.2) is 0 Å². The van der Waals surface area contributed by atoms with E-state index in [9.17, 15) is 69.3 Å². The number of carbonyl (C=O) groups excluding carboxylic acids is 7. The third-order valence-corrected chi connectivity index (χ3v) is 26.4. The second-order valence-electron chi connectivity index (χ2n) is 41.8. The van der Waals surface area contributed by atoms with Crippen LogP contribution in [0.15, 0.2) is 0 Å². The van der Waals surface area contributed by atoms with Crippen LogP contribution in [0.25, 0.3) is 0 Å². The first-order chi connectivity index (χ1) is 71.1. The van der Waals surface area contributed by atoms with Gasteiger partial charge in [0.05, 0.1) is 89.0 Å². The van der Waals surface area contributed by atoms with Crippen LogP contribution in [0.2, 0.25) is 0 Å². The van der Waals surface area contributed by atoms with Crippen molar-refractivity contribution < 1.29 is 136 Å². The minimum atomic E-state index is -0.677. The maximum absolute atomic E-state index is 11.5. The van der Waals surface area contributed by atoms with Crippen LogP contribution >= 0.6 is 0 Å². The van der Waals surface area contributed by atoms with Crippen molar-refractivity contribution in [3.63, 3.8) is 0 Å². The van der Waals surface area contributed by atoms with Crippen molar-refractivity contribution in [2.24, 2.45) is 53.3 Å². The molecule has 0 rings (SSSR count). The van der Waals surface area contributed by atoms with Crippen molar-refractivity contribution >= 4 is 43.1 Å². The van der Waals surface area contributed by atoms with Crippen LogP contribution in [0.1, 0.15) is 544 Å². The predicted octanol–water partition coefficient (Wildman–Crippen LogP) is 32.9. The molecular formula is C120H240O28. The average molecular weight is 2130 g/mol. The van der Waals surface area contributed by atoms with Crippen LogP contribution in [-0.4, -0.2) is 214 Å². The molecule has 28 nitrogen and oxygen atoms in total. The van der Waals surface area contributed by atoms with Gasteiger partial charge in [-0.1, -0.05) is 416 Å². The molecule has 7 N–H and O–H groups in total. The molecule has 15 atom stereocenters. The lowest BCUT2D eigenvalue weighted by Crippen LogP contribution is -2.20. The summed E-state index contributed by atoms with van der Waals surface area (Å²) in [5, 5.41) is 65.3. The fourth-order valence-corrected chi connectivity index (χ4v) is 15.2. The van der Waals surface area contributed by atoms with Crippen LogP contribution in [0.3, 0.4) is 0 Å². The smallest absolute Gasteiger partial charge is 0.434 e. The van der Waals surface area contributed by atoms with Gasteiger partial charge in [0.25, 0.3) is 0 Å². The molecular weight excluding hydrogens is 1890 g/mol. The summed E-state index contributed by atoms with van der Waals surface area (Å²) in [4.78, 5) is 80.1. The maximum Gasteiger partial charge on any atom is 0.508 e. The van der Waals surface area contributed by atoms with E-state index in [1.165, 1.54) is 257 Å². The van der Waals surface area contributed by atoms with Crippen LogP contribution in [0, 0.1) is 53.3 Å². The zero-order valence-electron chi connectivity index (χ0n) is 99.8. The lowest BCUT2D eigenvalue weighted by Gasteiger charge is -2.17. The molecule has 15 unspecified atom stereocenters. The first-order valence-electron chi connectivity index (χ1n) is 60.5. The Hall–Kier alpha value is -5.39. The summed E-state index contributed by atoms with van der Waals surface area (Å²) in [6, 6.07) is 0. The fraction of sp³-hybridized carbons (Fsp3) is 0.942. The lowest BCUT2D eigenvalue weighted by atomic mass is 9.93. The summed E-state index contributed by atoms with van der Waals surface area (Å²) in [6.07, 6.45) is 58.5. The van der Waals surface area contributed by atoms with Crippen molar-refractivity contribution in [3.8, 4) is 0 Å². The lowest BCUT2D eigenvalue weighted by molar-refractivity contribution is 0.00999. The Kier molecular flexibility index (Phi) is 128. The molecule has 0 heterocycles. The Balaban J connectivity index is -0.000000313. The van der Waals surface area contributed by atoms with E-state index in [1.54, 1.807) is 0 Å². The molecule has 0 spiro atoms. The third-order valence-electron chi connectivity index (χ3n) is 26.4. The van der Waals surface area contributed by atoms with Crippen molar-refractivity contribution in [2.75, 3.05) is 92.5 Å². The Labute approximate surface area is 906 Å². The molecule has 0 aliphatic rings. The van der Waals surface area contributed by atoms with Gasteiger partial charge in [-0.2, -0.15) is 0 Å². The zero-order valence-corrected chi connectivity index (χ0v) is 99.8. The maximum atomic E-state index is 11.5. The number of hydrogen-bond donors (Lipinski definition) is 7. The number of aliphatic hydroxyl groups excluding tert-OH is 7. The highest BCUT2D eigenvalue weighted by atomic mass is 16.8. The highest BCUT2D eigenvalue weighted by Gasteiger charge is 2.23. The van der Waals surface area contributed by atoms with Crippen molar-refractivity contribution in [1.29, 1.82) is 0 Å². The molecule has 0 radical (unpaired) electrons. The highest BCUT2D eigenvalue weighted by molar-refractivity contribution is 5.62. The molecule has 0 aromatic carbocycles. The normalized spacial score (nSPS) is 14.0. The van der Waals surface area contributed by atoms with E-state index in [2.05, 4.69) is 111 Å². The topological polar surface area (TPSA) is 390 Å². The van der Waals surface area contributed by atoms with Gasteiger partial charge in [-0.05, 0) is 182 Å². The van der Waals surface area contributed by atoms with E-state index in [1.807, 2.05) is 48.5 Å². The van der Waals surface area contributed by atoms with E-state index in [-0.39, 0.29) is 46.2 Å². The summed E-state index contributed by atoms with van der Waals surface area (Å²) in [7, 11) is 0. The van der Waals surface area contributed by atoms with E-state index in [0.29, 0.717) is 133 Å². The van der Waals surface area contributed by atoms with Gasteiger partial charge < -0.3 is 102 Å². The van der Waals surface area contributed by atoms with Crippen LogP contribution in [0.5, 0.6) is 0 Å². The van der Waals surface area contributed by atoms with E-state index < -0.39 is 85.8 Å². The summed E-state index contributed by atoms with van der Waals surface area (Å²) < 4.78 is 70.3. The Morgan fingerprint density at radius 2 is 0.291 bits per heavy atom. The molecule has 0 bridgehead atoms.